The number of halogens is 9. The van der Waals surface area contributed by atoms with Gasteiger partial charge in [-0.25, -0.2) is 0 Å². The quantitative estimate of drug-likeness (QED) is 0.461. The first-order chi connectivity index (χ1) is 9.17. The van der Waals surface area contributed by atoms with Crippen LogP contribution in [0.5, 0.6) is 5.75 Å². The van der Waals surface area contributed by atoms with Crippen molar-refractivity contribution in [3.63, 3.8) is 0 Å². The van der Waals surface area contributed by atoms with Crippen LogP contribution in [-0.4, -0.2) is 17.5 Å². The molecule has 1 rings (SSSR count). The third-order valence-electron chi connectivity index (χ3n) is 2.50. The minimum absolute atomic E-state index is 0.0971. The molecule has 21 heavy (non-hydrogen) atoms. The molecule has 0 saturated heterocycles. The van der Waals surface area contributed by atoms with Crippen molar-refractivity contribution in [2.24, 2.45) is 0 Å². The van der Waals surface area contributed by atoms with Crippen LogP contribution in [0.3, 0.4) is 0 Å². The van der Waals surface area contributed by atoms with Crippen molar-refractivity contribution in [3.8, 4) is 5.75 Å². The number of anilines is 1. The molecule has 0 heterocycles. The Balaban J connectivity index is 3.73. The van der Waals surface area contributed by atoms with Crippen molar-refractivity contribution in [2.75, 3.05) is 5.73 Å². The van der Waals surface area contributed by atoms with E-state index in [2.05, 4.69) is 0 Å². The van der Waals surface area contributed by atoms with Crippen molar-refractivity contribution >= 4 is 5.69 Å². The first-order valence-corrected chi connectivity index (χ1v) is 4.99. The Kier molecular flexibility index (Phi) is 4.01. The summed E-state index contributed by atoms with van der Waals surface area (Å²) < 4.78 is 113. The Morgan fingerprint density at radius 1 is 0.857 bits per heavy atom. The van der Waals surface area contributed by atoms with Gasteiger partial charge in [0.05, 0.1) is 11.3 Å². The average Bonchev–Trinajstić information content (AvgIpc) is 2.17. The number of nitrogens with two attached hydrogens (primary N) is 1. The minimum atomic E-state index is -6.01. The van der Waals surface area contributed by atoms with E-state index in [9.17, 15) is 39.5 Å². The second-order valence-electron chi connectivity index (χ2n) is 3.98. The zero-order valence-corrected chi connectivity index (χ0v) is 9.66. The Morgan fingerprint density at radius 2 is 1.29 bits per heavy atom. The van der Waals surface area contributed by atoms with Crippen LogP contribution in [-0.2, 0) is 6.18 Å². The van der Waals surface area contributed by atoms with E-state index in [4.69, 9.17) is 10.8 Å². The lowest BCUT2D eigenvalue weighted by atomic mass is 9.91. The smallest absolute Gasteiger partial charge is 0.418 e. The number of hydrogen-bond donors (Lipinski definition) is 2. The van der Waals surface area contributed by atoms with E-state index < -0.39 is 47.0 Å². The van der Waals surface area contributed by atoms with Crippen molar-refractivity contribution < 1.29 is 44.6 Å². The molecular weight excluding hydrogens is 321 g/mol. The second kappa shape index (κ2) is 4.88. The summed E-state index contributed by atoms with van der Waals surface area (Å²) in [6, 6.07) is 0.143. The number of nitrogen functional groups attached to an aromatic ring is 1. The van der Waals surface area contributed by atoms with Crippen LogP contribution in [0, 0.1) is 0 Å². The SMILES string of the molecule is Nc1c(O)ccc(C(C(F)(F)F)C(F)(F)F)c1C(F)(F)F. The second-order valence-corrected chi connectivity index (χ2v) is 3.98. The number of phenols is 1. The largest absolute Gasteiger partial charge is 0.506 e. The molecule has 0 aliphatic carbocycles. The molecular formula is C10H6F9NO. The van der Waals surface area contributed by atoms with Crippen LogP contribution in [0.1, 0.15) is 17.0 Å². The number of alkyl halides is 9. The lowest BCUT2D eigenvalue weighted by molar-refractivity contribution is -0.254. The number of phenolic OH excluding ortho intramolecular Hbond substituents is 1. The molecule has 0 radical (unpaired) electrons. The van der Waals surface area contributed by atoms with Gasteiger partial charge < -0.3 is 10.8 Å². The Morgan fingerprint density at radius 3 is 1.62 bits per heavy atom. The van der Waals surface area contributed by atoms with Gasteiger partial charge in [-0.15, -0.1) is 0 Å². The summed E-state index contributed by atoms with van der Waals surface area (Å²) in [6.45, 7) is 0. The van der Waals surface area contributed by atoms with E-state index in [1.54, 1.807) is 0 Å². The molecule has 1 aromatic rings. The van der Waals surface area contributed by atoms with Gasteiger partial charge in [0.1, 0.15) is 5.75 Å². The number of aromatic hydroxyl groups is 1. The highest BCUT2D eigenvalue weighted by atomic mass is 19.4. The molecule has 0 bridgehead atoms. The zero-order chi connectivity index (χ0) is 16.8. The molecule has 0 saturated carbocycles. The molecule has 11 heteroatoms. The summed E-state index contributed by atoms with van der Waals surface area (Å²) in [4.78, 5) is 0. The van der Waals surface area contributed by atoms with E-state index >= 15 is 0 Å². The highest BCUT2D eigenvalue weighted by Gasteiger charge is 2.59. The van der Waals surface area contributed by atoms with Gasteiger partial charge >= 0.3 is 18.5 Å². The van der Waals surface area contributed by atoms with Gasteiger partial charge in [0.15, 0.2) is 5.92 Å². The van der Waals surface area contributed by atoms with Gasteiger partial charge in [0, 0.05) is 0 Å². The fourth-order valence-electron chi connectivity index (χ4n) is 1.72. The molecule has 1 aromatic carbocycles. The average molecular weight is 327 g/mol. The van der Waals surface area contributed by atoms with E-state index in [0.29, 0.717) is 0 Å². The van der Waals surface area contributed by atoms with Crippen LogP contribution in [0.15, 0.2) is 12.1 Å². The Hall–Kier alpha value is -1.81. The van der Waals surface area contributed by atoms with Gasteiger partial charge in [-0.1, -0.05) is 6.07 Å². The van der Waals surface area contributed by atoms with Crippen LogP contribution < -0.4 is 5.73 Å². The van der Waals surface area contributed by atoms with Crippen LogP contribution in [0.25, 0.3) is 0 Å². The standard InChI is InChI=1S/C10H6F9NO/c11-8(12,13)5-3(1-2-4(21)6(5)20)7(9(14,15)16)10(17,18)19/h1-2,7,21H,20H2. The van der Waals surface area contributed by atoms with E-state index in [0.717, 1.165) is 0 Å². The van der Waals surface area contributed by atoms with Gasteiger partial charge in [-0.05, 0) is 11.6 Å². The van der Waals surface area contributed by atoms with Gasteiger partial charge in [0.2, 0.25) is 0 Å². The summed E-state index contributed by atoms with van der Waals surface area (Å²) in [5.74, 6) is -5.64. The molecule has 0 aliphatic rings. The summed E-state index contributed by atoms with van der Waals surface area (Å²) in [5.41, 5.74) is -1.28. The molecule has 3 N–H and O–H groups in total. The Labute approximate surface area is 111 Å². The lowest BCUT2D eigenvalue weighted by Gasteiger charge is -2.26. The summed E-state index contributed by atoms with van der Waals surface area (Å²) in [5, 5.41) is 8.99. The minimum Gasteiger partial charge on any atom is -0.506 e. The molecule has 2 nitrogen and oxygen atoms in total. The fraction of sp³-hybridized carbons (Fsp3) is 0.400. The highest BCUT2D eigenvalue weighted by Crippen LogP contribution is 2.51. The number of benzene rings is 1. The highest BCUT2D eigenvalue weighted by molar-refractivity contribution is 5.63. The number of hydrogen-bond acceptors (Lipinski definition) is 2. The van der Waals surface area contributed by atoms with Gasteiger partial charge in [0.25, 0.3) is 0 Å². The predicted molar refractivity (Wildman–Crippen MR) is 52.4 cm³/mol. The zero-order valence-electron chi connectivity index (χ0n) is 9.66. The number of rotatable bonds is 1. The first kappa shape index (κ1) is 17.2. The summed E-state index contributed by atoms with van der Waals surface area (Å²) in [6.07, 6.45) is -17.6. The topological polar surface area (TPSA) is 46.2 Å². The van der Waals surface area contributed by atoms with Crippen molar-refractivity contribution in [3.05, 3.63) is 23.3 Å². The van der Waals surface area contributed by atoms with E-state index in [-0.39, 0.29) is 12.1 Å². The third kappa shape index (κ3) is 3.45. The van der Waals surface area contributed by atoms with Crippen molar-refractivity contribution in [1.29, 1.82) is 0 Å². The van der Waals surface area contributed by atoms with Crippen LogP contribution in [0.4, 0.5) is 45.2 Å². The lowest BCUT2D eigenvalue weighted by Crippen LogP contribution is -2.36. The summed E-state index contributed by atoms with van der Waals surface area (Å²) >= 11 is 0. The molecule has 0 aliphatic heterocycles. The molecule has 0 aromatic heterocycles. The van der Waals surface area contributed by atoms with Crippen LogP contribution >= 0.6 is 0 Å². The molecule has 0 amide bonds. The maximum atomic E-state index is 12.7. The van der Waals surface area contributed by atoms with E-state index in [1.165, 1.54) is 0 Å². The fourth-order valence-corrected chi connectivity index (χ4v) is 1.72. The molecule has 0 spiro atoms. The monoisotopic (exact) mass is 327 g/mol. The maximum absolute atomic E-state index is 12.7. The normalized spacial score (nSPS) is 13.8. The van der Waals surface area contributed by atoms with Gasteiger partial charge in [-0.2, -0.15) is 39.5 Å². The molecule has 0 fully saturated rings. The predicted octanol–water partition coefficient (Wildman–Crippen LogP) is 4.20. The molecule has 0 unspecified atom stereocenters. The van der Waals surface area contributed by atoms with Gasteiger partial charge in [-0.3, -0.25) is 0 Å². The molecule has 120 valence electrons. The third-order valence-corrected chi connectivity index (χ3v) is 2.50. The van der Waals surface area contributed by atoms with Crippen molar-refractivity contribution in [1.82, 2.24) is 0 Å². The maximum Gasteiger partial charge on any atom is 0.418 e. The molecule has 0 atom stereocenters. The van der Waals surface area contributed by atoms with Crippen LogP contribution in [0.2, 0.25) is 0 Å². The first-order valence-electron chi connectivity index (χ1n) is 4.99. The van der Waals surface area contributed by atoms with Crippen molar-refractivity contribution in [2.45, 2.75) is 24.4 Å². The van der Waals surface area contributed by atoms with E-state index in [1.807, 2.05) is 0 Å². The Bertz CT molecular complexity index is 515. The summed E-state index contributed by atoms with van der Waals surface area (Å²) in [7, 11) is 0.